The lowest BCUT2D eigenvalue weighted by molar-refractivity contribution is -0.167. The zero-order valence-corrected chi connectivity index (χ0v) is 15.9. The third kappa shape index (κ3) is 4.02. The minimum absolute atomic E-state index is 0.189. The first-order valence-corrected chi connectivity index (χ1v) is 9.04. The Morgan fingerprint density at radius 2 is 2.07 bits per heavy atom. The van der Waals surface area contributed by atoms with Gasteiger partial charge in [0, 0.05) is 42.2 Å². The van der Waals surface area contributed by atoms with Crippen molar-refractivity contribution >= 4 is 5.69 Å². The summed E-state index contributed by atoms with van der Waals surface area (Å²) in [6.07, 6.45) is 2.70. The molecule has 0 bridgehead atoms. The predicted octanol–water partition coefficient (Wildman–Crippen LogP) is 2.39. The fourth-order valence-corrected chi connectivity index (χ4v) is 3.16. The molecule has 29 heavy (non-hydrogen) atoms. The molecular weight excluding hydrogens is 384 g/mol. The summed E-state index contributed by atoms with van der Waals surface area (Å²) < 4.78 is 35.5. The number of rotatable bonds is 6. The highest BCUT2D eigenvalue weighted by Crippen LogP contribution is 2.26. The summed E-state index contributed by atoms with van der Waals surface area (Å²) in [6, 6.07) is 5.20. The van der Waals surface area contributed by atoms with Gasteiger partial charge < -0.3 is 14.2 Å². The second-order valence-corrected chi connectivity index (χ2v) is 6.89. The van der Waals surface area contributed by atoms with Crippen molar-refractivity contribution in [2.75, 3.05) is 18.0 Å². The summed E-state index contributed by atoms with van der Waals surface area (Å²) in [5.41, 5.74) is 3.29. The second kappa shape index (κ2) is 7.70. The summed E-state index contributed by atoms with van der Waals surface area (Å²) in [7, 11) is 0. The average Bonchev–Trinajstić information content (AvgIpc) is 3.01. The molecule has 4 heterocycles. The molecule has 0 radical (unpaired) electrons. The molecular formula is C19H19F2N5O3. The van der Waals surface area contributed by atoms with Crippen molar-refractivity contribution in [3.63, 3.8) is 0 Å². The van der Waals surface area contributed by atoms with E-state index in [0.717, 1.165) is 16.8 Å². The highest BCUT2D eigenvalue weighted by Gasteiger charge is 2.30. The first-order valence-electron chi connectivity index (χ1n) is 9.04. The predicted molar refractivity (Wildman–Crippen MR) is 99.9 cm³/mol. The van der Waals surface area contributed by atoms with E-state index in [0.29, 0.717) is 30.2 Å². The molecule has 1 aliphatic rings. The Morgan fingerprint density at radius 3 is 2.72 bits per heavy atom. The van der Waals surface area contributed by atoms with Gasteiger partial charge in [0.15, 0.2) is 0 Å². The minimum atomic E-state index is -2.79. The van der Waals surface area contributed by atoms with Crippen molar-refractivity contribution in [1.29, 1.82) is 0 Å². The quantitative estimate of drug-likeness (QED) is 0.625. The van der Waals surface area contributed by atoms with Gasteiger partial charge in [-0.2, -0.15) is 13.9 Å². The highest BCUT2D eigenvalue weighted by atomic mass is 19.3. The van der Waals surface area contributed by atoms with Crippen LogP contribution in [-0.4, -0.2) is 45.7 Å². The zero-order valence-electron chi connectivity index (χ0n) is 15.9. The van der Waals surface area contributed by atoms with Crippen LogP contribution in [0.1, 0.15) is 17.0 Å². The monoisotopic (exact) mass is 403 g/mol. The molecule has 1 fully saturated rings. The number of halogens is 2. The number of hydrogen-bond acceptors (Lipinski definition) is 7. The lowest BCUT2D eigenvalue weighted by Crippen LogP contribution is -2.53. The number of aromatic nitrogens is 4. The van der Waals surface area contributed by atoms with Gasteiger partial charge in [-0.15, -0.1) is 0 Å². The molecule has 0 N–H and O–H groups in total. The van der Waals surface area contributed by atoms with Gasteiger partial charge in [-0.05, 0) is 26.0 Å². The van der Waals surface area contributed by atoms with Crippen molar-refractivity contribution in [1.82, 2.24) is 19.9 Å². The third-order valence-corrected chi connectivity index (χ3v) is 4.84. The first-order chi connectivity index (χ1) is 13.9. The largest absolute Gasteiger partial charge is 0.365 e. The number of nitrogens with zero attached hydrogens (tertiary/aromatic N) is 5. The van der Waals surface area contributed by atoms with Crippen LogP contribution in [0, 0.1) is 13.8 Å². The van der Waals surface area contributed by atoms with Gasteiger partial charge in [0.2, 0.25) is 0 Å². The van der Waals surface area contributed by atoms with Crippen LogP contribution in [0.25, 0.3) is 11.3 Å². The van der Waals surface area contributed by atoms with Gasteiger partial charge in [0.25, 0.3) is 5.56 Å². The molecule has 0 unspecified atom stereocenters. The van der Waals surface area contributed by atoms with Gasteiger partial charge in [0.1, 0.15) is 11.5 Å². The molecule has 0 spiro atoms. The summed E-state index contributed by atoms with van der Waals surface area (Å²) in [4.78, 5) is 18.6. The smallest absolute Gasteiger partial charge is 0.345 e. The lowest BCUT2D eigenvalue weighted by atomic mass is 10.1. The normalized spacial score (nSPS) is 14.4. The van der Waals surface area contributed by atoms with Crippen LogP contribution in [-0.2, 0) is 11.3 Å². The third-order valence-electron chi connectivity index (χ3n) is 4.84. The van der Waals surface area contributed by atoms with Gasteiger partial charge in [-0.1, -0.05) is 5.16 Å². The fraction of sp³-hybridized carbons (Fsp3) is 0.368. The number of ether oxygens (including phenoxy) is 1. The molecule has 3 aromatic rings. The SMILES string of the molecule is Cc1ccc(-c2noc(C)c2Cn2ncc(N3CC(OC(F)F)C3)cc2=O)cn1. The Balaban J connectivity index is 1.52. The van der Waals surface area contributed by atoms with E-state index in [1.54, 1.807) is 18.0 Å². The number of alkyl halides is 2. The van der Waals surface area contributed by atoms with Crippen molar-refractivity contribution in [3.8, 4) is 11.3 Å². The van der Waals surface area contributed by atoms with Crippen LogP contribution in [0.3, 0.4) is 0 Å². The summed E-state index contributed by atoms with van der Waals surface area (Å²) in [6.45, 7) is 1.66. The molecule has 3 aromatic heterocycles. The van der Waals surface area contributed by atoms with Crippen LogP contribution >= 0.6 is 0 Å². The molecule has 0 aliphatic carbocycles. The Kier molecular flexibility index (Phi) is 5.10. The van der Waals surface area contributed by atoms with E-state index in [9.17, 15) is 13.6 Å². The number of pyridine rings is 1. The average molecular weight is 403 g/mol. The molecule has 152 valence electrons. The Morgan fingerprint density at radius 1 is 1.28 bits per heavy atom. The maximum atomic E-state index is 12.5. The van der Waals surface area contributed by atoms with E-state index in [1.165, 1.54) is 16.9 Å². The molecule has 10 heteroatoms. The van der Waals surface area contributed by atoms with Crippen LogP contribution in [0.2, 0.25) is 0 Å². The Bertz CT molecular complexity index is 1060. The van der Waals surface area contributed by atoms with Gasteiger partial charge in [-0.25, -0.2) is 4.68 Å². The maximum Gasteiger partial charge on any atom is 0.345 e. The summed E-state index contributed by atoms with van der Waals surface area (Å²) in [5.74, 6) is 0.591. The summed E-state index contributed by atoms with van der Waals surface area (Å²) in [5, 5.41) is 8.32. The van der Waals surface area contributed by atoms with Gasteiger partial charge in [-0.3, -0.25) is 9.78 Å². The lowest BCUT2D eigenvalue weighted by Gasteiger charge is -2.39. The molecule has 0 amide bonds. The van der Waals surface area contributed by atoms with E-state index >= 15 is 0 Å². The van der Waals surface area contributed by atoms with Crippen LogP contribution in [0.4, 0.5) is 14.5 Å². The molecule has 8 nitrogen and oxygen atoms in total. The van der Waals surface area contributed by atoms with Crippen molar-refractivity contribution in [3.05, 3.63) is 58.0 Å². The number of aryl methyl sites for hydroxylation is 2. The molecule has 0 saturated carbocycles. The molecule has 1 aliphatic heterocycles. The van der Waals surface area contributed by atoms with Crippen LogP contribution in [0.5, 0.6) is 0 Å². The van der Waals surface area contributed by atoms with Gasteiger partial charge >= 0.3 is 6.61 Å². The Hall–Kier alpha value is -3.14. The second-order valence-electron chi connectivity index (χ2n) is 6.89. The molecule has 1 saturated heterocycles. The van der Waals surface area contributed by atoms with Crippen LogP contribution < -0.4 is 10.5 Å². The van der Waals surface area contributed by atoms with Crippen molar-refractivity contribution in [2.24, 2.45) is 0 Å². The van der Waals surface area contributed by atoms with E-state index in [1.807, 2.05) is 19.1 Å². The topological polar surface area (TPSA) is 86.3 Å². The van der Waals surface area contributed by atoms with Crippen molar-refractivity contribution < 1.29 is 18.0 Å². The van der Waals surface area contributed by atoms with Crippen LogP contribution in [0.15, 0.2) is 39.9 Å². The van der Waals surface area contributed by atoms with E-state index < -0.39 is 12.7 Å². The van der Waals surface area contributed by atoms with Gasteiger partial charge in [0.05, 0.1) is 24.5 Å². The standard InChI is InChI=1S/C19H19F2N5O3/c1-11-3-4-13(6-22-11)18-16(12(2)29-24-18)10-26-17(27)5-14(7-23-26)25-8-15(9-25)28-19(20)21/h3-7,15,19H,8-10H2,1-2H3. The molecule has 0 aromatic carbocycles. The number of hydrogen-bond donors (Lipinski definition) is 0. The Labute approximate surface area is 164 Å². The zero-order chi connectivity index (χ0) is 20.5. The van der Waals surface area contributed by atoms with E-state index in [-0.39, 0.29) is 12.1 Å². The number of anilines is 1. The first kappa shape index (κ1) is 19.2. The van der Waals surface area contributed by atoms with E-state index in [2.05, 4.69) is 20.0 Å². The molecule has 4 rings (SSSR count). The van der Waals surface area contributed by atoms with E-state index in [4.69, 9.17) is 4.52 Å². The fourth-order valence-electron chi connectivity index (χ4n) is 3.16. The molecule has 0 atom stereocenters. The minimum Gasteiger partial charge on any atom is -0.365 e. The maximum absolute atomic E-state index is 12.5. The summed E-state index contributed by atoms with van der Waals surface area (Å²) >= 11 is 0. The highest BCUT2D eigenvalue weighted by molar-refractivity contribution is 5.62. The van der Waals surface area contributed by atoms with Crippen molar-refractivity contribution in [2.45, 2.75) is 33.1 Å².